The van der Waals surface area contributed by atoms with Crippen LogP contribution in [-0.4, -0.2) is 27.2 Å². The molecule has 0 bridgehead atoms. The zero-order valence-electron chi connectivity index (χ0n) is 10.5. The van der Waals surface area contributed by atoms with Crippen molar-refractivity contribution in [1.82, 2.24) is 10.2 Å². The minimum absolute atomic E-state index is 0.0729. The third-order valence-electron chi connectivity index (χ3n) is 2.90. The fourth-order valence-corrected chi connectivity index (χ4v) is 1.68. The Hall–Kier alpha value is -2.63. The first kappa shape index (κ1) is 12.8. The van der Waals surface area contributed by atoms with Crippen molar-refractivity contribution in [2.45, 2.75) is 13.8 Å². The number of anilines is 1. The van der Waals surface area contributed by atoms with E-state index in [0.29, 0.717) is 5.56 Å². The van der Waals surface area contributed by atoms with E-state index in [2.05, 4.69) is 15.5 Å². The van der Waals surface area contributed by atoms with Crippen LogP contribution in [0.1, 0.15) is 32.0 Å². The Labute approximate surface area is 109 Å². The van der Waals surface area contributed by atoms with E-state index in [0.717, 1.165) is 11.1 Å². The van der Waals surface area contributed by atoms with Crippen LogP contribution in [0.15, 0.2) is 24.3 Å². The zero-order chi connectivity index (χ0) is 14.0. The highest BCUT2D eigenvalue weighted by molar-refractivity contribution is 6.05. The van der Waals surface area contributed by atoms with Gasteiger partial charge in [-0.2, -0.15) is 5.10 Å². The highest BCUT2D eigenvalue weighted by Gasteiger charge is 2.13. The lowest BCUT2D eigenvalue weighted by Crippen LogP contribution is -2.14. The number of carboxylic acid groups (broad SMARTS) is 1. The predicted octanol–water partition coefficient (Wildman–Crippen LogP) is 1.98. The van der Waals surface area contributed by atoms with E-state index in [4.69, 9.17) is 5.11 Å². The number of carbonyl (C=O) groups is 2. The largest absolute Gasteiger partial charge is 0.477 e. The lowest BCUT2D eigenvalue weighted by Gasteiger charge is -2.07. The van der Waals surface area contributed by atoms with Crippen LogP contribution in [0.3, 0.4) is 0 Å². The summed E-state index contributed by atoms with van der Waals surface area (Å²) in [4.78, 5) is 22.7. The van der Waals surface area contributed by atoms with E-state index >= 15 is 0 Å². The van der Waals surface area contributed by atoms with Gasteiger partial charge in [0, 0.05) is 11.6 Å². The average Bonchev–Trinajstić information content (AvgIpc) is 2.81. The van der Waals surface area contributed by atoms with Gasteiger partial charge in [0.15, 0.2) is 5.82 Å². The molecule has 3 N–H and O–H groups in total. The Morgan fingerprint density at radius 2 is 2.05 bits per heavy atom. The fraction of sp³-hybridized carbons (Fsp3) is 0.154. The predicted molar refractivity (Wildman–Crippen MR) is 69.4 cm³/mol. The molecule has 0 aliphatic heterocycles. The molecule has 1 heterocycles. The molecule has 6 heteroatoms. The maximum atomic E-state index is 12.1. The van der Waals surface area contributed by atoms with Crippen molar-refractivity contribution in [2.24, 2.45) is 0 Å². The minimum atomic E-state index is -1.13. The molecule has 1 amide bonds. The van der Waals surface area contributed by atoms with Gasteiger partial charge in [0.2, 0.25) is 0 Å². The first-order valence-corrected chi connectivity index (χ1v) is 5.65. The molecule has 0 saturated heterocycles. The van der Waals surface area contributed by atoms with E-state index in [1.165, 1.54) is 6.07 Å². The van der Waals surface area contributed by atoms with Gasteiger partial charge in [-0.25, -0.2) is 4.79 Å². The molecule has 6 nitrogen and oxygen atoms in total. The van der Waals surface area contributed by atoms with E-state index in [9.17, 15) is 9.59 Å². The number of rotatable bonds is 3. The van der Waals surface area contributed by atoms with Crippen LogP contribution in [0.5, 0.6) is 0 Å². The van der Waals surface area contributed by atoms with Crippen molar-refractivity contribution >= 4 is 17.7 Å². The maximum Gasteiger partial charge on any atom is 0.353 e. The first-order chi connectivity index (χ1) is 8.99. The second kappa shape index (κ2) is 4.93. The maximum absolute atomic E-state index is 12.1. The molecular weight excluding hydrogens is 246 g/mol. The summed E-state index contributed by atoms with van der Waals surface area (Å²) in [5.41, 5.74) is 2.37. The van der Waals surface area contributed by atoms with E-state index in [1.54, 1.807) is 12.1 Å². The van der Waals surface area contributed by atoms with E-state index in [1.807, 2.05) is 19.9 Å². The number of hydrogen-bond donors (Lipinski definition) is 3. The highest BCUT2D eigenvalue weighted by atomic mass is 16.4. The van der Waals surface area contributed by atoms with Crippen molar-refractivity contribution < 1.29 is 14.7 Å². The monoisotopic (exact) mass is 259 g/mol. The van der Waals surface area contributed by atoms with Crippen molar-refractivity contribution in [3.05, 3.63) is 46.6 Å². The highest BCUT2D eigenvalue weighted by Crippen LogP contribution is 2.14. The summed E-state index contributed by atoms with van der Waals surface area (Å²) in [6, 6.07) is 6.70. The number of H-pyrrole nitrogens is 1. The molecule has 1 aromatic carbocycles. The van der Waals surface area contributed by atoms with Gasteiger partial charge < -0.3 is 10.4 Å². The molecule has 98 valence electrons. The molecular formula is C13H13N3O3. The summed E-state index contributed by atoms with van der Waals surface area (Å²) in [6.45, 7) is 3.78. The summed E-state index contributed by atoms with van der Waals surface area (Å²) < 4.78 is 0. The summed E-state index contributed by atoms with van der Waals surface area (Å²) in [7, 11) is 0. The number of carbonyl (C=O) groups excluding carboxylic acids is 1. The lowest BCUT2D eigenvalue weighted by molar-refractivity contribution is 0.0690. The molecule has 0 saturated carbocycles. The Morgan fingerprint density at radius 3 is 2.68 bits per heavy atom. The van der Waals surface area contributed by atoms with Crippen LogP contribution >= 0.6 is 0 Å². The van der Waals surface area contributed by atoms with Gasteiger partial charge in [0.1, 0.15) is 5.69 Å². The van der Waals surface area contributed by atoms with Crippen LogP contribution in [0, 0.1) is 13.8 Å². The number of hydrogen-bond acceptors (Lipinski definition) is 3. The van der Waals surface area contributed by atoms with Gasteiger partial charge in [0.25, 0.3) is 5.91 Å². The molecule has 19 heavy (non-hydrogen) atoms. The summed E-state index contributed by atoms with van der Waals surface area (Å²) in [5.74, 6) is -1.26. The molecule has 0 atom stereocenters. The third-order valence-corrected chi connectivity index (χ3v) is 2.90. The quantitative estimate of drug-likeness (QED) is 0.785. The van der Waals surface area contributed by atoms with Crippen molar-refractivity contribution in [3.63, 3.8) is 0 Å². The number of amides is 1. The Morgan fingerprint density at radius 1 is 1.32 bits per heavy atom. The molecule has 0 unspecified atom stereocenters. The van der Waals surface area contributed by atoms with Gasteiger partial charge >= 0.3 is 5.97 Å². The minimum Gasteiger partial charge on any atom is -0.477 e. The smallest absolute Gasteiger partial charge is 0.353 e. The molecule has 2 rings (SSSR count). The number of aromatic nitrogens is 2. The number of benzene rings is 1. The number of nitrogens with one attached hydrogen (secondary N) is 2. The van der Waals surface area contributed by atoms with E-state index in [-0.39, 0.29) is 17.4 Å². The van der Waals surface area contributed by atoms with Crippen molar-refractivity contribution in [3.8, 4) is 0 Å². The Balaban J connectivity index is 2.21. The lowest BCUT2D eigenvalue weighted by atomic mass is 10.0. The standard InChI is InChI=1S/C13H13N3O3/c1-7-4-3-5-9(8(7)2)12(17)14-11-6-10(13(18)19)15-16-11/h3-6H,1-2H3,(H,18,19)(H2,14,15,16,17). The Kier molecular flexibility index (Phi) is 3.33. The third kappa shape index (κ3) is 2.62. The first-order valence-electron chi connectivity index (χ1n) is 5.65. The molecule has 1 aromatic heterocycles. The fourth-order valence-electron chi connectivity index (χ4n) is 1.68. The van der Waals surface area contributed by atoms with Gasteiger partial charge in [0.05, 0.1) is 0 Å². The Bertz CT molecular complexity index is 646. The topological polar surface area (TPSA) is 95.1 Å². The van der Waals surface area contributed by atoms with Crippen LogP contribution < -0.4 is 5.32 Å². The molecule has 0 radical (unpaired) electrons. The van der Waals surface area contributed by atoms with Gasteiger partial charge in [-0.05, 0) is 31.0 Å². The summed E-state index contributed by atoms with van der Waals surface area (Å²) in [5, 5.41) is 17.3. The zero-order valence-corrected chi connectivity index (χ0v) is 10.5. The van der Waals surface area contributed by atoms with Crippen LogP contribution in [-0.2, 0) is 0 Å². The van der Waals surface area contributed by atoms with E-state index < -0.39 is 5.97 Å². The summed E-state index contributed by atoms with van der Waals surface area (Å²) in [6.07, 6.45) is 0. The molecule has 2 aromatic rings. The molecule has 0 spiro atoms. The molecule has 0 fully saturated rings. The second-order valence-corrected chi connectivity index (χ2v) is 4.17. The van der Waals surface area contributed by atoms with Gasteiger partial charge in [-0.3, -0.25) is 9.89 Å². The number of aromatic carboxylic acids is 1. The number of carboxylic acids is 1. The average molecular weight is 259 g/mol. The molecule has 0 aliphatic rings. The number of aromatic amines is 1. The van der Waals surface area contributed by atoms with Gasteiger partial charge in [-0.1, -0.05) is 12.1 Å². The number of nitrogens with zero attached hydrogens (tertiary/aromatic N) is 1. The van der Waals surface area contributed by atoms with Crippen LogP contribution in [0.4, 0.5) is 5.82 Å². The SMILES string of the molecule is Cc1cccc(C(=O)Nc2cc(C(=O)O)[nH]n2)c1C. The van der Waals surface area contributed by atoms with Crippen LogP contribution in [0.25, 0.3) is 0 Å². The van der Waals surface area contributed by atoms with Crippen LogP contribution in [0.2, 0.25) is 0 Å². The van der Waals surface area contributed by atoms with Crippen molar-refractivity contribution in [2.75, 3.05) is 5.32 Å². The molecule has 0 aliphatic carbocycles. The normalized spacial score (nSPS) is 10.2. The summed E-state index contributed by atoms with van der Waals surface area (Å²) >= 11 is 0. The second-order valence-electron chi connectivity index (χ2n) is 4.17. The number of aryl methyl sites for hydroxylation is 1. The van der Waals surface area contributed by atoms with Crippen molar-refractivity contribution in [1.29, 1.82) is 0 Å². The van der Waals surface area contributed by atoms with Gasteiger partial charge in [-0.15, -0.1) is 0 Å².